The summed E-state index contributed by atoms with van der Waals surface area (Å²) < 4.78 is 2.03. The molecule has 1 aliphatic rings. The second-order valence-electron chi connectivity index (χ2n) is 3.83. The SMILES string of the molecule is NC1CCC(Nn2cccc2)CC1. The van der Waals surface area contributed by atoms with Crippen LogP contribution in [0, 0.1) is 0 Å². The fourth-order valence-corrected chi connectivity index (χ4v) is 1.88. The first-order chi connectivity index (χ1) is 6.34. The monoisotopic (exact) mass is 179 g/mol. The molecule has 1 fully saturated rings. The maximum absolute atomic E-state index is 5.84. The Morgan fingerprint density at radius 3 is 2.31 bits per heavy atom. The summed E-state index contributed by atoms with van der Waals surface area (Å²) in [6.45, 7) is 0. The third-order valence-corrected chi connectivity index (χ3v) is 2.71. The van der Waals surface area contributed by atoms with Crippen LogP contribution in [0.3, 0.4) is 0 Å². The largest absolute Gasteiger partial charge is 0.328 e. The normalized spacial score (nSPS) is 28.7. The second-order valence-corrected chi connectivity index (χ2v) is 3.83. The van der Waals surface area contributed by atoms with Gasteiger partial charge < -0.3 is 11.2 Å². The molecule has 0 aliphatic heterocycles. The van der Waals surface area contributed by atoms with Crippen molar-refractivity contribution in [3.63, 3.8) is 0 Å². The van der Waals surface area contributed by atoms with Gasteiger partial charge in [0.25, 0.3) is 0 Å². The van der Waals surface area contributed by atoms with Crippen molar-refractivity contribution in [2.75, 3.05) is 5.43 Å². The van der Waals surface area contributed by atoms with Crippen molar-refractivity contribution < 1.29 is 0 Å². The number of hydrogen-bond acceptors (Lipinski definition) is 2. The number of nitrogens with zero attached hydrogens (tertiary/aromatic N) is 1. The molecule has 0 aromatic carbocycles. The number of rotatable bonds is 2. The summed E-state index contributed by atoms with van der Waals surface area (Å²) >= 11 is 0. The summed E-state index contributed by atoms with van der Waals surface area (Å²) in [6, 6.07) is 5.10. The van der Waals surface area contributed by atoms with Gasteiger partial charge in [-0.15, -0.1) is 0 Å². The Morgan fingerprint density at radius 1 is 1.08 bits per heavy atom. The van der Waals surface area contributed by atoms with E-state index in [4.69, 9.17) is 5.73 Å². The summed E-state index contributed by atoms with van der Waals surface area (Å²) in [5, 5.41) is 0. The maximum Gasteiger partial charge on any atom is 0.0425 e. The lowest BCUT2D eigenvalue weighted by atomic mass is 9.92. The molecule has 0 radical (unpaired) electrons. The van der Waals surface area contributed by atoms with E-state index < -0.39 is 0 Å². The van der Waals surface area contributed by atoms with Gasteiger partial charge in [0.2, 0.25) is 0 Å². The highest BCUT2D eigenvalue weighted by Gasteiger charge is 2.17. The van der Waals surface area contributed by atoms with Gasteiger partial charge in [0.05, 0.1) is 0 Å². The molecule has 1 heterocycles. The second kappa shape index (κ2) is 3.83. The Hall–Kier alpha value is -0.960. The Balaban J connectivity index is 1.83. The van der Waals surface area contributed by atoms with Crippen LogP contribution in [0.2, 0.25) is 0 Å². The van der Waals surface area contributed by atoms with Crippen LogP contribution in [-0.2, 0) is 0 Å². The third kappa shape index (κ3) is 2.25. The predicted octanol–water partition coefficient (Wildman–Crippen LogP) is 1.30. The van der Waals surface area contributed by atoms with E-state index in [9.17, 15) is 0 Å². The lowest BCUT2D eigenvalue weighted by Gasteiger charge is -2.27. The van der Waals surface area contributed by atoms with Gasteiger partial charge in [0, 0.05) is 24.5 Å². The number of aromatic nitrogens is 1. The molecule has 1 aliphatic carbocycles. The van der Waals surface area contributed by atoms with Crippen LogP contribution < -0.4 is 11.2 Å². The van der Waals surface area contributed by atoms with Crippen molar-refractivity contribution >= 4 is 0 Å². The van der Waals surface area contributed by atoms with E-state index in [0.717, 1.165) is 12.8 Å². The van der Waals surface area contributed by atoms with E-state index in [0.29, 0.717) is 12.1 Å². The molecular formula is C10H17N3. The van der Waals surface area contributed by atoms with Gasteiger partial charge in [-0.05, 0) is 37.8 Å². The third-order valence-electron chi connectivity index (χ3n) is 2.71. The molecule has 0 bridgehead atoms. The standard InChI is InChI=1S/C10H17N3/c11-9-3-5-10(6-4-9)12-13-7-1-2-8-13/h1-2,7-10,12H,3-6,11H2. The van der Waals surface area contributed by atoms with Crippen molar-refractivity contribution in [3.05, 3.63) is 24.5 Å². The van der Waals surface area contributed by atoms with Crippen molar-refractivity contribution in [1.29, 1.82) is 0 Å². The average molecular weight is 179 g/mol. The minimum Gasteiger partial charge on any atom is -0.328 e. The van der Waals surface area contributed by atoms with E-state index >= 15 is 0 Å². The zero-order valence-corrected chi connectivity index (χ0v) is 7.82. The minimum absolute atomic E-state index is 0.433. The first-order valence-corrected chi connectivity index (χ1v) is 5.00. The highest BCUT2D eigenvalue weighted by atomic mass is 15.4. The van der Waals surface area contributed by atoms with Crippen molar-refractivity contribution in [2.45, 2.75) is 37.8 Å². The first-order valence-electron chi connectivity index (χ1n) is 5.00. The zero-order chi connectivity index (χ0) is 9.10. The summed E-state index contributed by atoms with van der Waals surface area (Å²) in [7, 11) is 0. The van der Waals surface area contributed by atoms with E-state index in [2.05, 4.69) is 5.43 Å². The van der Waals surface area contributed by atoms with Crippen molar-refractivity contribution in [3.8, 4) is 0 Å². The molecule has 2 rings (SSSR count). The fraction of sp³-hybridized carbons (Fsp3) is 0.600. The van der Waals surface area contributed by atoms with Gasteiger partial charge in [-0.2, -0.15) is 0 Å². The fourth-order valence-electron chi connectivity index (χ4n) is 1.88. The summed E-state index contributed by atoms with van der Waals surface area (Å²) in [5.41, 5.74) is 9.28. The first kappa shape index (κ1) is 8.63. The molecule has 1 saturated carbocycles. The van der Waals surface area contributed by atoms with Crippen LogP contribution in [0.5, 0.6) is 0 Å². The number of nitrogens with one attached hydrogen (secondary N) is 1. The van der Waals surface area contributed by atoms with Gasteiger partial charge in [0.1, 0.15) is 0 Å². The molecule has 0 saturated heterocycles. The van der Waals surface area contributed by atoms with Crippen molar-refractivity contribution in [1.82, 2.24) is 4.68 Å². The minimum atomic E-state index is 0.433. The molecule has 72 valence electrons. The van der Waals surface area contributed by atoms with Crippen LogP contribution in [0.1, 0.15) is 25.7 Å². The summed E-state index contributed by atoms with van der Waals surface area (Å²) in [6.07, 6.45) is 8.76. The predicted molar refractivity (Wildman–Crippen MR) is 54.0 cm³/mol. The Bertz CT molecular complexity index is 235. The van der Waals surface area contributed by atoms with Crippen LogP contribution in [0.4, 0.5) is 0 Å². The molecule has 3 nitrogen and oxygen atoms in total. The molecule has 1 aromatic rings. The lowest BCUT2D eigenvalue weighted by Crippen LogP contribution is -2.35. The van der Waals surface area contributed by atoms with Gasteiger partial charge in [-0.1, -0.05) is 0 Å². The highest BCUT2D eigenvalue weighted by Crippen LogP contribution is 2.17. The average Bonchev–Trinajstić information content (AvgIpc) is 2.62. The molecule has 0 unspecified atom stereocenters. The van der Waals surface area contributed by atoms with E-state index in [1.165, 1.54) is 12.8 Å². The van der Waals surface area contributed by atoms with Crippen LogP contribution in [-0.4, -0.2) is 16.8 Å². The van der Waals surface area contributed by atoms with Gasteiger partial charge in [0.15, 0.2) is 0 Å². The topological polar surface area (TPSA) is 43.0 Å². The van der Waals surface area contributed by atoms with Gasteiger partial charge in [-0.25, -0.2) is 0 Å². The molecule has 0 spiro atoms. The molecule has 0 atom stereocenters. The molecule has 1 aromatic heterocycles. The number of hydrogen-bond donors (Lipinski definition) is 2. The molecular weight excluding hydrogens is 162 g/mol. The van der Waals surface area contributed by atoms with E-state index in [-0.39, 0.29) is 0 Å². The van der Waals surface area contributed by atoms with Crippen molar-refractivity contribution in [2.24, 2.45) is 5.73 Å². The van der Waals surface area contributed by atoms with Crippen LogP contribution >= 0.6 is 0 Å². The summed E-state index contributed by atoms with van der Waals surface area (Å²) in [5.74, 6) is 0. The molecule has 13 heavy (non-hydrogen) atoms. The smallest absolute Gasteiger partial charge is 0.0425 e. The maximum atomic E-state index is 5.84. The van der Waals surface area contributed by atoms with Gasteiger partial charge >= 0.3 is 0 Å². The Kier molecular flexibility index (Phi) is 2.54. The van der Waals surface area contributed by atoms with Crippen LogP contribution in [0.15, 0.2) is 24.5 Å². The van der Waals surface area contributed by atoms with E-state index in [1.807, 2.05) is 29.2 Å². The Morgan fingerprint density at radius 2 is 1.69 bits per heavy atom. The molecule has 3 heteroatoms. The Labute approximate surface area is 78.9 Å². The quantitative estimate of drug-likeness (QED) is 0.718. The van der Waals surface area contributed by atoms with E-state index in [1.54, 1.807) is 0 Å². The highest BCUT2D eigenvalue weighted by molar-refractivity contribution is 4.96. The summed E-state index contributed by atoms with van der Waals surface area (Å²) in [4.78, 5) is 0. The molecule has 0 amide bonds. The van der Waals surface area contributed by atoms with Gasteiger partial charge in [-0.3, -0.25) is 4.68 Å². The van der Waals surface area contributed by atoms with Crippen LogP contribution in [0.25, 0.3) is 0 Å². The zero-order valence-electron chi connectivity index (χ0n) is 7.82. The lowest BCUT2D eigenvalue weighted by molar-refractivity contribution is 0.394. The number of nitrogens with two attached hydrogens (primary N) is 1. The molecule has 3 N–H and O–H groups in total.